The maximum Gasteiger partial charge on any atom is 0.249 e. The van der Waals surface area contributed by atoms with Crippen LogP contribution in [0.3, 0.4) is 0 Å². The molecule has 4 aliphatic rings. The molecule has 2 heterocycles. The van der Waals surface area contributed by atoms with Gasteiger partial charge in [0.25, 0.3) is 0 Å². The van der Waals surface area contributed by atoms with E-state index in [1.807, 2.05) is 0 Å². The number of aliphatic hydroxyl groups is 5. The van der Waals surface area contributed by atoms with Gasteiger partial charge in [0, 0.05) is 19.1 Å². The first kappa shape index (κ1) is 37.0. The summed E-state index contributed by atoms with van der Waals surface area (Å²) in [7, 11) is 0. The fourth-order valence-corrected chi connectivity index (χ4v) is 5.98. The van der Waals surface area contributed by atoms with Crippen molar-refractivity contribution in [3.63, 3.8) is 0 Å². The number of nitrogens with two attached hydrogens (primary N) is 4. The molecule has 2 saturated heterocycles. The van der Waals surface area contributed by atoms with E-state index in [1.165, 1.54) is 0 Å². The molecular weight excluding hydrogens is 615 g/mol. The Balaban J connectivity index is 1.54. The van der Waals surface area contributed by atoms with Crippen LogP contribution in [0.25, 0.3) is 0 Å². The van der Waals surface area contributed by atoms with Gasteiger partial charge in [0.2, 0.25) is 5.91 Å². The molecule has 19 heteroatoms. The van der Waals surface area contributed by atoms with E-state index < -0.39 is 104 Å². The lowest BCUT2D eigenvalue weighted by molar-refractivity contribution is -0.311. The maximum absolute atomic E-state index is 16.5. The SMILES string of the molecule is N=C(NCC1CC1)N[C@@H]1C(O)[C@@H](CO)OC(OC2C(F)[C@H](O[C@H]3OC(CN)[C@@H](O)CC3N)C(N)C[C@H]2NC(=O)[C@@H](O)CCN)[C@@H]1O. The van der Waals surface area contributed by atoms with Gasteiger partial charge in [-0.1, -0.05) is 0 Å². The summed E-state index contributed by atoms with van der Waals surface area (Å²) in [5, 5.41) is 68.6. The van der Waals surface area contributed by atoms with Crippen molar-refractivity contribution >= 4 is 11.9 Å². The lowest BCUT2D eigenvalue weighted by atomic mass is 9.84. The van der Waals surface area contributed by atoms with Crippen molar-refractivity contribution in [1.29, 1.82) is 5.41 Å². The van der Waals surface area contributed by atoms with Gasteiger partial charge >= 0.3 is 0 Å². The number of alkyl halides is 1. The molecule has 2 aliphatic heterocycles. The van der Waals surface area contributed by atoms with Crippen molar-refractivity contribution in [3.05, 3.63) is 0 Å². The summed E-state index contributed by atoms with van der Waals surface area (Å²) in [6, 6.07) is -4.36. The van der Waals surface area contributed by atoms with Crippen LogP contribution < -0.4 is 38.9 Å². The highest BCUT2D eigenvalue weighted by Gasteiger charge is 2.53. The number of carbonyl (C=O) groups excluding carboxylic acids is 1. The third kappa shape index (κ3) is 8.98. The molecule has 0 bridgehead atoms. The Morgan fingerprint density at radius 1 is 0.978 bits per heavy atom. The van der Waals surface area contributed by atoms with Crippen molar-refractivity contribution in [2.75, 3.05) is 26.2 Å². The van der Waals surface area contributed by atoms with E-state index in [9.17, 15) is 30.3 Å². The van der Waals surface area contributed by atoms with Gasteiger partial charge in [-0.15, -0.1) is 0 Å². The number of nitrogens with one attached hydrogen (secondary N) is 4. The molecule has 4 fully saturated rings. The van der Waals surface area contributed by atoms with E-state index in [4.69, 9.17) is 47.3 Å². The first-order valence-electron chi connectivity index (χ1n) is 15.8. The summed E-state index contributed by atoms with van der Waals surface area (Å²) in [5.41, 5.74) is 23.6. The largest absolute Gasteiger partial charge is 0.394 e. The van der Waals surface area contributed by atoms with Crippen molar-refractivity contribution < 1.29 is 53.7 Å². The summed E-state index contributed by atoms with van der Waals surface area (Å²) in [4.78, 5) is 12.8. The summed E-state index contributed by atoms with van der Waals surface area (Å²) >= 11 is 0. The summed E-state index contributed by atoms with van der Waals surface area (Å²) < 4.78 is 39.8. The zero-order chi connectivity index (χ0) is 33.7. The highest BCUT2D eigenvalue weighted by Crippen LogP contribution is 2.33. The molecule has 0 aromatic heterocycles. The van der Waals surface area contributed by atoms with Crippen LogP contribution >= 0.6 is 0 Å². The third-order valence-electron chi connectivity index (χ3n) is 8.92. The first-order valence-corrected chi connectivity index (χ1v) is 15.8. The minimum atomic E-state index is -2.11. The smallest absolute Gasteiger partial charge is 0.249 e. The lowest BCUT2D eigenvalue weighted by Gasteiger charge is -2.48. The zero-order valence-electron chi connectivity index (χ0n) is 25.6. The number of hydrogen-bond donors (Lipinski definition) is 13. The van der Waals surface area contributed by atoms with Crippen LogP contribution in [0.15, 0.2) is 0 Å². The van der Waals surface area contributed by atoms with Crippen LogP contribution in [0.1, 0.15) is 32.1 Å². The van der Waals surface area contributed by atoms with Crippen LogP contribution in [0, 0.1) is 11.3 Å². The van der Waals surface area contributed by atoms with Crippen molar-refractivity contribution in [1.82, 2.24) is 16.0 Å². The number of ether oxygens (including phenoxy) is 4. The molecule has 0 spiro atoms. The standard InChI is InChI=1S/C27H51FN8O10/c28-18-22(45-25-12(32)6-15(39)16(7-30)43-25)11(31)5-13(35-24(42)14(38)3-4-29)23(18)46-26-21(41)19(20(40)17(9-37)44-26)36-27(33)34-8-10-1-2-10/h10-23,25-26,37-41H,1-9,29-32H2,(H,35,42)(H3,33,34,36)/t11?,12?,13-,14+,15+,16?,17-,18?,19-,20?,21-,22-,23?,25-,26?/m1/s1. The summed E-state index contributed by atoms with van der Waals surface area (Å²) in [6.45, 7) is -0.224. The number of amides is 1. The molecular formula is C27H51FN8O10. The average molecular weight is 667 g/mol. The topological polar surface area (TPSA) is 319 Å². The first-order chi connectivity index (χ1) is 21.9. The summed E-state index contributed by atoms with van der Waals surface area (Å²) in [6.07, 6.45) is -13.9. The van der Waals surface area contributed by atoms with Crippen LogP contribution in [0.2, 0.25) is 0 Å². The number of carbonyl (C=O) groups is 1. The molecule has 7 unspecified atom stereocenters. The quantitative estimate of drug-likeness (QED) is 0.0643. The molecule has 0 radical (unpaired) electrons. The minimum Gasteiger partial charge on any atom is -0.394 e. The van der Waals surface area contributed by atoms with Gasteiger partial charge < -0.3 is 83.4 Å². The average Bonchev–Trinajstić information content (AvgIpc) is 3.85. The fourth-order valence-electron chi connectivity index (χ4n) is 5.98. The van der Waals surface area contributed by atoms with E-state index in [0.29, 0.717) is 12.5 Å². The van der Waals surface area contributed by atoms with Crippen LogP contribution in [-0.2, 0) is 23.7 Å². The highest BCUT2D eigenvalue weighted by atomic mass is 19.1. The van der Waals surface area contributed by atoms with E-state index in [0.717, 1.165) is 12.8 Å². The molecule has 2 aliphatic carbocycles. The monoisotopic (exact) mass is 666 g/mol. The van der Waals surface area contributed by atoms with E-state index in [-0.39, 0.29) is 38.3 Å². The van der Waals surface area contributed by atoms with E-state index >= 15 is 4.39 Å². The van der Waals surface area contributed by atoms with Gasteiger partial charge in [0.1, 0.15) is 36.6 Å². The molecule has 0 aromatic rings. The van der Waals surface area contributed by atoms with Gasteiger partial charge in [0.15, 0.2) is 24.7 Å². The second kappa shape index (κ2) is 16.5. The number of halogens is 1. The van der Waals surface area contributed by atoms with Gasteiger partial charge in [-0.25, -0.2) is 4.39 Å². The van der Waals surface area contributed by atoms with Gasteiger partial charge in [0.05, 0.1) is 36.9 Å². The number of hydrogen-bond acceptors (Lipinski definition) is 15. The van der Waals surface area contributed by atoms with Crippen molar-refractivity contribution in [3.8, 4) is 0 Å². The maximum atomic E-state index is 16.5. The lowest BCUT2D eigenvalue weighted by Crippen LogP contribution is -2.69. The van der Waals surface area contributed by atoms with Crippen LogP contribution in [0.5, 0.6) is 0 Å². The second-order valence-corrected chi connectivity index (χ2v) is 12.6. The van der Waals surface area contributed by atoms with Crippen LogP contribution in [-0.4, -0.2) is 155 Å². The normalized spacial score (nSPS) is 42.2. The van der Waals surface area contributed by atoms with Crippen LogP contribution in [0.4, 0.5) is 4.39 Å². The summed E-state index contributed by atoms with van der Waals surface area (Å²) in [5.74, 6) is -0.613. The molecule has 1 amide bonds. The van der Waals surface area contributed by atoms with Gasteiger partial charge in [-0.2, -0.15) is 0 Å². The van der Waals surface area contributed by atoms with Gasteiger partial charge in [-0.05, 0) is 44.6 Å². The predicted molar refractivity (Wildman–Crippen MR) is 158 cm³/mol. The molecule has 2 saturated carbocycles. The molecule has 46 heavy (non-hydrogen) atoms. The Labute approximate surface area is 266 Å². The van der Waals surface area contributed by atoms with E-state index in [1.54, 1.807) is 0 Å². The Hall–Kier alpha value is -1.85. The molecule has 0 aromatic carbocycles. The van der Waals surface area contributed by atoms with Crippen molar-refractivity contribution in [2.24, 2.45) is 28.9 Å². The number of rotatable bonds is 13. The molecule has 266 valence electrons. The molecule has 4 rings (SSSR count). The van der Waals surface area contributed by atoms with E-state index in [2.05, 4.69) is 16.0 Å². The highest BCUT2D eigenvalue weighted by molar-refractivity contribution is 5.80. The molecule has 18 nitrogen and oxygen atoms in total. The fraction of sp³-hybridized carbons (Fsp3) is 0.926. The number of guanidine groups is 1. The van der Waals surface area contributed by atoms with Crippen molar-refractivity contribution in [2.45, 2.75) is 124 Å². The molecule has 15 atom stereocenters. The predicted octanol–water partition coefficient (Wildman–Crippen LogP) is -5.89. The van der Waals surface area contributed by atoms with Gasteiger partial charge in [-0.3, -0.25) is 10.2 Å². The zero-order valence-corrected chi connectivity index (χ0v) is 25.6. The Morgan fingerprint density at radius 3 is 2.28 bits per heavy atom. The Bertz CT molecular complexity index is 1010. The second-order valence-electron chi connectivity index (χ2n) is 12.6. The third-order valence-corrected chi connectivity index (χ3v) is 8.92. The minimum absolute atomic E-state index is 0.00632. The number of aliphatic hydroxyl groups excluding tert-OH is 5. The molecule has 17 N–H and O–H groups in total. The Kier molecular flexibility index (Phi) is 13.3. The Morgan fingerprint density at radius 2 is 1.65 bits per heavy atom.